The van der Waals surface area contributed by atoms with Crippen LogP contribution in [0.25, 0.3) is 0 Å². The molecular weight excluding hydrogens is 310 g/mol. The third kappa shape index (κ3) is 2.69. The number of hydrogen-bond donors (Lipinski definition) is 0. The molecule has 2 bridgehead atoms. The highest BCUT2D eigenvalue weighted by molar-refractivity contribution is 5.31. The van der Waals surface area contributed by atoms with Gasteiger partial charge in [0.2, 0.25) is 0 Å². The fourth-order valence-electron chi connectivity index (χ4n) is 4.57. The summed E-state index contributed by atoms with van der Waals surface area (Å²) in [5.74, 6) is 1.38. The van der Waals surface area contributed by atoms with Crippen molar-refractivity contribution in [3.8, 4) is 0 Å². The molecule has 0 N–H and O–H groups in total. The normalized spacial score (nSPS) is 22.6. The summed E-state index contributed by atoms with van der Waals surface area (Å²) in [5, 5.41) is 4.71. The molecule has 2 atom stereocenters. The molecule has 0 saturated carbocycles. The van der Waals surface area contributed by atoms with Crippen molar-refractivity contribution in [1.29, 1.82) is 0 Å². The van der Waals surface area contributed by atoms with Crippen LogP contribution in [-0.4, -0.2) is 30.7 Å². The number of aromatic nitrogens is 4. The molecule has 4 rings (SSSR count). The zero-order chi connectivity index (χ0) is 17.7. The van der Waals surface area contributed by atoms with E-state index in [1.807, 2.05) is 0 Å². The van der Waals surface area contributed by atoms with Gasteiger partial charge in [-0.25, -0.2) is 9.97 Å². The largest absolute Gasteiger partial charge is 0.288 e. The average molecular weight is 339 g/mol. The highest BCUT2D eigenvalue weighted by Crippen LogP contribution is 2.44. The SMILES string of the molecule is CCn1nc(C)c(CN2[C@@H]3CC[C@@H]2c2cnc(C(C)C)nc2C3)c1C. The molecule has 0 aliphatic carbocycles. The average Bonchev–Trinajstić information content (AvgIpc) is 3.03. The van der Waals surface area contributed by atoms with E-state index in [4.69, 9.17) is 10.1 Å². The molecule has 1 saturated heterocycles. The Morgan fingerprint density at radius 2 is 2.04 bits per heavy atom. The van der Waals surface area contributed by atoms with Gasteiger partial charge < -0.3 is 0 Å². The first-order valence-corrected chi connectivity index (χ1v) is 9.63. The lowest BCUT2D eigenvalue weighted by molar-refractivity contribution is 0.165. The van der Waals surface area contributed by atoms with Gasteiger partial charge in [-0.3, -0.25) is 9.58 Å². The first-order chi connectivity index (χ1) is 12.0. The van der Waals surface area contributed by atoms with Crippen LogP contribution >= 0.6 is 0 Å². The lowest BCUT2D eigenvalue weighted by atomic mass is 9.97. The van der Waals surface area contributed by atoms with E-state index in [9.17, 15) is 0 Å². The van der Waals surface area contributed by atoms with Crippen LogP contribution in [0.2, 0.25) is 0 Å². The van der Waals surface area contributed by atoms with Gasteiger partial charge in [-0.1, -0.05) is 13.8 Å². The first-order valence-electron chi connectivity index (χ1n) is 9.63. The topological polar surface area (TPSA) is 46.8 Å². The van der Waals surface area contributed by atoms with Crippen LogP contribution in [0.1, 0.15) is 79.6 Å². The Morgan fingerprint density at radius 3 is 2.72 bits per heavy atom. The van der Waals surface area contributed by atoms with Gasteiger partial charge in [0.15, 0.2) is 0 Å². The predicted octanol–water partition coefficient (Wildman–Crippen LogP) is 3.70. The van der Waals surface area contributed by atoms with Crippen LogP contribution < -0.4 is 0 Å². The van der Waals surface area contributed by atoms with Crippen molar-refractivity contribution in [2.75, 3.05) is 0 Å². The summed E-state index contributed by atoms with van der Waals surface area (Å²) >= 11 is 0. The molecule has 5 heteroatoms. The molecule has 0 amide bonds. The molecule has 2 aromatic rings. The molecule has 0 aromatic carbocycles. The lowest BCUT2D eigenvalue weighted by Crippen LogP contribution is -2.38. The van der Waals surface area contributed by atoms with Crippen LogP contribution in [0.15, 0.2) is 6.20 Å². The highest BCUT2D eigenvalue weighted by atomic mass is 15.3. The van der Waals surface area contributed by atoms with Gasteiger partial charge in [-0.15, -0.1) is 0 Å². The minimum atomic E-state index is 0.395. The maximum Gasteiger partial charge on any atom is 0.131 e. The van der Waals surface area contributed by atoms with E-state index in [2.05, 4.69) is 55.4 Å². The van der Waals surface area contributed by atoms with E-state index in [1.54, 1.807) is 0 Å². The van der Waals surface area contributed by atoms with Crippen molar-refractivity contribution >= 4 is 0 Å². The van der Waals surface area contributed by atoms with Gasteiger partial charge >= 0.3 is 0 Å². The molecule has 0 radical (unpaired) electrons. The Bertz CT molecular complexity index is 792. The van der Waals surface area contributed by atoms with Crippen LogP contribution in [0.4, 0.5) is 0 Å². The number of fused-ring (bicyclic) bond motifs is 4. The molecule has 25 heavy (non-hydrogen) atoms. The van der Waals surface area contributed by atoms with Gasteiger partial charge in [0.05, 0.1) is 11.4 Å². The fraction of sp³-hybridized carbons (Fsp3) is 0.650. The monoisotopic (exact) mass is 339 g/mol. The molecule has 0 unspecified atom stereocenters. The molecular formula is C20H29N5. The Hall–Kier alpha value is -1.75. The number of hydrogen-bond acceptors (Lipinski definition) is 4. The van der Waals surface area contributed by atoms with Gasteiger partial charge in [0, 0.05) is 60.5 Å². The van der Waals surface area contributed by atoms with Crippen molar-refractivity contribution < 1.29 is 0 Å². The van der Waals surface area contributed by atoms with E-state index in [1.165, 1.54) is 41.1 Å². The summed E-state index contributed by atoms with van der Waals surface area (Å²) in [6.45, 7) is 12.8. The lowest BCUT2D eigenvalue weighted by Gasteiger charge is -2.35. The van der Waals surface area contributed by atoms with Gasteiger partial charge in [-0.2, -0.15) is 5.10 Å². The molecule has 134 valence electrons. The molecule has 5 nitrogen and oxygen atoms in total. The molecule has 2 aliphatic heterocycles. The predicted molar refractivity (Wildman–Crippen MR) is 98.5 cm³/mol. The number of rotatable bonds is 4. The first kappa shape index (κ1) is 16.7. The third-order valence-electron chi connectivity index (χ3n) is 6.04. The quantitative estimate of drug-likeness (QED) is 0.852. The number of aryl methyl sites for hydroxylation is 2. The van der Waals surface area contributed by atoms with Crippen LogP contribution in [0.5, 0.6) is 0 Å². The second-order valence-corrected chi connectivity index (χ2v) is 7.87. The van der Waals surface area contributed by atoms with Crippen LogP contribution in [0.3, 0.4) is 0 Å². The highest BCUT2D eigenvalue weighted by Gasteiger charge is 2.41. The zero-order valence-corrected chi connectivity index (χ0v) is 16.1. The van der Waals surface area contributed by atoms with Crippen LogP contribution in [-0.2, 0) is 19.5 Å². The van der Waals surface area contributed by atoms with E-state index < -0.39 is 0 Å². The molecule has 4 heterocycles. The van der Waals surface area contributed by atoms with Crippen molar-refractivity contribution in [1.82, 2.24) is 24.6 Å². The van der Waals surface area contributed by atoms with Crippen molar-refractivity contribution in [3.05, 3.63) is 40.2 Å². The molecule has 1 fully saturated rings. The van der Waals surface area contributed by atoms with E-state index in [0.29, 0.717) is 18.0 Å². The van der Waals surface area contributed by atoms with Crippen LogP contribution in [0, 0.1) is 13.8 Å². The molecule has 0 spiro atoms. The summed E-state index contributed by atoms with van der Waals surface area (Å²) < 4.78 is 2.13. The number of nitrogens with zero attached hydrogens (tertiary/aromatic N) is 5. The standard InChI is InChI=1S/C20H29N5/c1-6-25-14(5)17(13(4)23-25)11-24-15-7-8-19(24)16-10-21-20(12(2)3)22-18(16)9-15/h10,12,15,19H,6-9,11H2,1-5H3/t15-,19-/m1/s1. The van der Waals surface area contributed by atoms with Crippen molar-refractivity contribution in [2.24, 2.45) is 0 Å². The smallest absolute Gasteiger partial charge is 0.131 e. The van der Waals surface area contributed by atoms with Gasteiger partial charge in [0.25, 0.3) is 0 Å². The molecule has 2 aromatic heterocycles. The van der Waals surface area contributed by atoms with E-state index >= 15 is 0 Å². The maximum atomic E-state index is 4.89. The Labute approximate surface area is 150 Å². The second-order valence-electron chi connectivity index (χ2n) is 7.87. The van der Waals surface area contributed by atoms with E-state index in [-0.39, 0.29) is 0 Å². The van der Waals surface area contributed by atoms with Crippen molar-refractivity contribution in [3.63, 3.8) is 0 Å². The fourth-order valence-corrected chi connectivity index (χ4v) is 4.57. The third-order valence-corrected chi connectivity index (χ3v) is 6.04. The van der Waals surface area contributed by atoms with Crippen molar-refractivity contribution in [2.45, 2.75) is 85.0 Å². The molecule has 2 aliphatic rings. The summed E-state index contributed by atoms with van der Waals surface area (Å²) in [6.07, 6.45) is 5.65. The summed E-state index contributed by atoms with van der Waals surface area (Å²) in [4.78, 5) is 12.2. The Balaban J connectivity index is 1.65. The zero-order valence-electron chi connectivity index (χ0n) is 16.1. The summed E-state index contributed by atoms with van der Waals surface area (Å²) in [6, 6.07) is 1.08. The summed E-state index contributed by atoms with van der Waals surface area (Å²) in [7, 11) is 0. The second kappa shape index (κ2) is 6.20. The van der Waals surface area contributed by atoms with Gasteiger partial charge in [-0.05, 0) is 33.6 Å². The Morgan fingerprint density at radius 1 is 1.24 bits per heavy atom. The minimum Gasteiger partial charge on any atom is -0.288 e. The minimum absolute atomic E-state index is 0.395. The maximum absolute atomic E-state index is 4.89. The Kier molecular flexibility index (Phi) is 4.14. The summed E-state index contributed by atoms with van der Waals surface area (Å²) in [5.41, 5.74) is 6.55. The van der Waals surface area contributed by atoms with E-state index in [0.717, 1.165) is 25.3 Å². The van der Waals surface area contributed by atoms with Gasteiger partial charge in [0.1, 0.15) is 5.82 Å².